The molecule has 0 spiro atoms. The molecule has 0 radical (unpaired) electrons. The number of amides is 1. The maximum absolute atomic E-state index is 12.0. The zero-order valence-corrected chi connectivity index (χ0v) is 15.1. The summed E-state index contributed by atoms with van der Waals surface area (Å²) in [6, 6.07) is 10.2. The maximum Gasteiger partial charge on any atom is 0.230 e. The van der Waals surface area contributed by atoms with Gasteiger partial charge in [-0.3, -0.25) is 9.20 Å². The van der Waals surface area contributed by atoms with E-state index in [2.05, 4.69) is 48.4 Å². The van der Waals surface area contributed by atoms with Crippen LogP contribution in [0.25, 0.3) is 16.6 Å². The highest BCUT2D eigenvalue weighted by atomic mass is 32.2. The van der Waals surface area contributed by atoms with Crippen LogP contribution in [0.5, 0.6) is 0 Å². The normalized spacial score (nSPS) is 11.5. The highest BCUT2D eigenvalue weighted by Gasteiger charge is 2.12. The number of rotatable bonds is 6. The van der Waals surface area contributed by atoms with Crippen molar-refractivity contribution in [3.8, 4) is 0 Å². The van der Waals surface area contributed by atoms with Crippen LogP contribution in [0.3, 0.4) is 0 Å². The molecule has 0 aliphatic carbocycles. The summed E-state index contributed by atoms with van der Waals surface area (Å²) in [5.41, 5.74) is 3.06. The van der Waals surface area contributed by atoms with Gasteiger partial charge in [0, 0.05) is 11.9 Å². The molecule has 0 fully saturated rings. The molecule has 24 heavy (non-hydrogen) atoms. The summed E-state index contributed by atoms with van der Waals surface area (Å²) in [5.74, 6) is 0.975. The Bertz CT molecular complexity index is 872. The molecule has 5 nitrogen and oxygen atoms in total. The molecule has 0 saturated carbocycles. The van der Waals surface area contributed by atoms with E-state index in [4.69, 9.17) is 0 Å². The van der Waals surface area contributed by atoms with E-state index in [9.17, 15) is 4.79 Å². The number of nitrogens with zero attached hydrogens (tertiary/aromatic N) is 3. The summed E-state index contributed by atoms with van der Waals surface area (Å²) < 4.78 is 2.02. The Hall–Kier alpha value is -2.08. The van der Waals surface area contributed by atoms with Gasteiger partial charge in [-0.15, -0.1) is 10.2 Å². The number of aromatic nitrogens is 3. The van der Waals surface area contributed by atoms with Crippen LogP contribution in [0.1, 0.15) is 25.8 Å². The van der Waals surface area contributed by atoms with E-state index in [1.807, 2.05) is 22.6 Å². The van der Waals surface area contributed by atoms with Crippen LogP contribution >= 0.6 is 11.8 Å². The van der Waals surface area contributed by atoms with E-state index in [0.29, 0.717) is 11.7 Å². The van der Waals surface area contributed by atoms with Crippen molar-refractivity contribution < 1.29 is 4.79 Å². The van der Waals surface area contributed by atoms with Crippen LogP contribution in [0, 0.1) is 12.8 Å². The average molecular weight is 342 g/mol. The largest absolute Gasteiger partial charge is 0.355 e. The van der Waals surface area contributed by atoms with E-state index in [1.54, 1.807) is 0 Å². The third kappa shape index (κ3) is 3.53. The monoisotopic (exact) mass is 342 g/mol. The van der Waals surface area contributed by atoms with Crippen molar-refractivity contribution in [3.63, 3.8) is 0 Å². The van der Waals surface area contributed by atoms with Crippen molar-refractivity contribution >= 4 is 34.2 Å². The maximum atomic E-state index is 12.0. The Morgan fingerprint density at radius 3 is 2.88 bits per heavy atom. The Labute approximate surface area is 145 Å². The molecule has 6 heteroatoms. The predicted octanol–water partition coefficient (Wildman–Crippen LogP) is 3.45. The van der Waals surface area contributed by atoms with Crippen molar-refractivity contribution in [2.75, 3.05) is 12.3 Å². The molecule has 0 bridgehead atoms. The molecule has 2 heterocycles. The van der Waals surface area contributed by atoms with Gasteiger partial charge in [-0.1, -0.05) is 43.8 Å². The van der Waals surface area contributed by atoms with Gasteiger partial charge in [-0.05, 0) is 37.0 Å². The van der Waals surface area contributed by atoms with Crippen molar-refractivity contribution in [1.29, 1.82) is 0 Å². The number of thioether (sulfide) groups is 1. The molecular weight excluding hydrogens is 320 g/mol. The Balaban J connectivity index is 1.78. The van der Waals surface area contributed by atoms with Crippen LogP contribution in [0.4, 0.5) is 0 Å². The highest BCUT2D eigenvalue weighted by molar-refractivity contribution is 7.99. The minimum atomic E-state index is 0.0359. The first-order chi connectivity index (χ1) is 11.6. The summed E-state index contributed by atoms with van der Waals surface area (Å²) in [4.78, 5) is 12.0. The minimum absolute atomic E-state index is 0.0359. The number of hydrogen-bond donors (Lipinski definition) is 1. The second-order valence-electron chi connectivity index (χ2n) is 6.34. The highest BCUT2D eigenvalue weighted by Crippen LogP contribution is 2.25. The number of carbonyl (C=O) groups excluding carboxylic acids is 1. The van der Waals surface area contributed by atoms with Crippen LogP contribution in [-0.2, 0) is 4.79 Å². The Kier molecular flexibility index (Phi) is 5.04. The van der Waals surface area contributed by atoms with Gasteiger partial charge in [0.05, 0.1) is 11.3 Å². The molecule has 1 amide bonds. The second kappa shape index (κ2) is 7.21. The van der Waals surface area contributed by atoms with Gasteiger partial charge in [-0.2, -0.15) is 0 Å². The molecule has 0 saturated heterocycles. The molecular formula is C18H22N4OS. The van der Waals surface area contributed by atoms with E-state index in [0.717, 1.165) is 29.3 Å². The van der Waals surface area contributed by atoms with Crippen LogP contribution in [0.15, 0.2) is 35.5 Å². The van der Waals surface area contributed by atoms with Crippen molar-refractivity contribution in [2.45, 2.75) is 32.3 Å². The number of fused-ring (bicyclic) bond motifs is 3. The fourth-order valence-corrected chi connectivity index (χ4v) is 3.43. The lowest BCUT2D eigenvalue weighted by molar-refractivity contribution is -0.118. The molecule has 0 aliphatic heterocycles. The predicted molar refractivity (Wildman–Crippen MR) is 98.4 cm³/mol. The smallest absolute Gasteiger partial charge is 0.230 e. The van der Waals surface area contributed by atoms with E-state index >= 15 is 0 Å². The lowest BCUT2D eigenvalue weighted by Crippen LogP contribution is -2.27. The molecule has 3 rings (SSSR count). The van der Waals surface area contributed by atoms with Crippen LogP contribution in [0.2, 0.25) is 0 Å². The Morgan fingerprint density at radius 2 is 2.08 bits per heavy atom. The van der Waals surface area contributed by atoms with E-state index in [1.165, 1.54) is 22.7 Å². The van der Waals surface area contributed by atoms with Crippen molar-refractivity contribution in [3.05, 3.63) is 35.9 Å². The van der Waals surface area contributed by atoms with Gasteiger partial charge in [0.1, 0.15) is 0 Å². The number of benzene rings is 1. The van der Waals surface area contributed by atoms with Crippen LogP contribution < -0.4 is 5.32 Å². The molecule has 3 aromatic rings. The topological polar surface area (TPSA) is 59.3 Å². The molecule has 1 aromatic carbocycles. The fourth-order valence-electron chi connectivity index (χ4n) is 2.65. The summed E-state index contributed by atoms with van der Waals surface area (Å²) >= 11 is 1.42. The molecule has 0 unspecified atom stereocenters. The first-order valence-corrected chi connectivity index (χ1v) is 9.18. The fraction of sp³-hybridized carbons (Fsp3) is 0.389. The number of para-hydroxylation sites is 1. The van der Waals surface area contributed by atoms with Crippen molar-refractivity contribution in [1.82, 2.24) is 19.9 Å². The number of pyridine rings is 1. The summed E-state index contributed by atoms with van der Waals surface area (Å²) in [6.45, 7) is 7.10. The van der Waals surface area contributed by atoms with Gasteiger partial charge in [0.25, 0.3) is 0 Å². The van der Waals surface area contributed by atoms with E-state index in [-0.39, 0.29) is 5.91 Å². The molecule has 126 valence electrons. The summed E-state index contributed by atoms with van der Waals surface area (Å²) in [7, 11) is 0. The lowest BCUT2D eigenvalue weighted by atomic mass is 10.1. The van der Waals surface area contributed by atoms with Crippen molar-refractivity contribution in [2.24, 2.45) is 5.92 Å². The number of nitrogens with one attached hydrogen (secondary N) is 1. The number of hydrogen-bond acceptors (Lipinski definition) is 4. The Morgan fingerprint density at radius 1 is 1.29 bits per heavy atom. The zero-order valence-electron chi connectivity index (χ0n) is 14.2. The summed E-state index contributed by atoms with van der Waals surface area (Å²) in [5, 5.41) is 13.4. The molecule has 2 aromatic heterocycles. The first kappa shape index (κ1) is 16.8. The molecule has 0 atom stereocenters. The van der Waals surface area contributed by atoms with Gasteiger partial charge in [0.2, 0.25) is 5.91 Å². The SMILES string of the molecule is Cc1cc2nnc(SCC(=O)NCCC(C)C)n2c2ccccc12. The standard InChI is InChI=1S/C18H22N4OS/c1-12(2)8-9-19-17(23)11-24-18-21-20-16-10-13(3)14-6-4-5-7-15(14)22(16)18/h4-7,10,12H,8-9,11H2,1-3H3,(H,19,23). The quantitative estimate of drug-likeness (QED) is 0.697. The first-order valence-electron chi connectivity index (χ1n) is 8.19. The van der Waals surface area contributed by atoms with E-state index < -0.39 is 0 Å². The van der Waals surface area contributed by atoms with Gasteiger partial charge in [0.15, 0.2) is 10.8 Å². The number of carbonyl (C=O) groups is 1. The third-order valence-electron chi connectivity index (χ3n) is 3.95. The minimum Gasteiger partial charge on any atom is -0.355 e. The van der Waals surface area contributed by atoms with Crippen LogP contribution in [-0.4, -0.2) is 32.8 Å². The second-order valence-corrected chi connectivity index (χ2v) is 7.28. The van der Waals surface area contributed by atoms with Gasteiger partial charge >= 0.3 is 0 Å². The van der Waals surface area contributed by atoms with Gasteiger partial charge in [-0.25, -0.2) is 0 Å². The summed E-state index contributed by atoms with van der Waals surface area (Å²) in [6.07, 6.45) is 0.994. The molecule has 1 N–H and O–H groups in total. The zero-order chi connectivity index (χ0) is 17.1. The third-order valence-corrected chi connectivity index (χ3v) is 4.88. The van der Waals surface area contributed by atoms with Gasteiger partial charge < -0.3 is 5.32 Å². The average Bonchev–Trinajstić information content (AvgIpc) is 2.96. The number of aryl methyl sites for hydroxylation is 1. The molecule has 0 aliphatic rings. The lowest BCUT2D eigenvalue weighted by Gasteiger charge is -2.08.